The molecule has 0 aromatic heterocycles. The van der Waals surface area contributed by atoms with Crippen LogP contribution in [0.1, 0.15) is 16.7 Å². The van der Waals surface area contributed by atoms with Crippen LogP contribution in [0.3, 0.4) is 0 Å². The Hall–Kier alpha value is -2.54. The van der Waals surface area contributed by atoms with Gasteiger partial charge in [-0.1, -0.05) is 6.07 Å². The van der Waals surface area contributed by atoms with Gasteiger partial charge in [0.1, 0.15) is 17.6 Å². The molecule has 0 unspecified atom stereocenters. The zero-order valence-electron chi connectivity index (χ0n) is 11.4. The first-order valence-corrected chi connectivity index (χ1v) is 6.21. The average molecular weight is 270 g/mol. The van der Waals surface area contributed by atoms with Crippen molar-refractivity contribution >= 4 is 5.69 Å². The van der Waals surface area contributed by atoms with E-state index in [1.54, 1.807) is 12.1 Å². The Kier molecular flexibility index (Phi) is 4.21. The van der Waals surface area contributed by atoms with Crippen LogP contribution in [0, 0.1) is 24.1 Å². The van der Waals surface area contributed by atoms with Crippen LogP contribution in [0.15, 0.2) is 36.4 Å². The van der Waals surface area contributed by atoms with E-state index in [4.69, 9.17) is 10.00 Å². The SMILES string of the molecule is COc1cc(CNc2ccc(F)cc2C)ccc1C#N. The number of benzene rings is 2. The fourth-order valence-electron chi connectivity index (χ4n) is 1.96. The zero-order chi connectivity index (χ0) is 14.5. The third-order valence-corrected chi connectivity index (χ3v) is 3.06. The standard InChI is InChI=1S/C16H15FN2O/c1-11-7-14(17)5-6-15(11)19-10-12-3-4-13(9-18)16(8-12)20-2/h3-8,19H,10H2,1-2H3. The van der Waals surface area contributed by atoms with Crippen LogP contribution < -0.4 is 10.1 Å². The van der Waals surface area contributed by atoms with E-state index in [1.807, 2.05) is 19.1 Å². The molecule has 2 rings (SSSR count). The van der Waals surface area contributed by atoms with E-state index in [0.29, 0.717) is 17.9 Å². The largest absolute Gasteiger partial charge is 0.495 e. The lowest BCUT2D eigenvalue weighted by Crippen LogP contribution is -2.02. The van der Waals surface area contributed by atoms with E-state index < -0.39 is 0 Å². The van der Waals surface area contributed by atoms with Crippen LogP contribution in [0.25, 0.3) is 0 Å². The number of hydrogen-bond donors (Lipinski definition) is 1. The lowest BCUT2D eigenvalue weighted by molar-refractivity contribution is 0.413. The van der Waals surface area contributed by atoms with Crippen molar-refractivity contribution < 1.29 is 9.13 Å². The molecule has 3 nitrogen and oxygen atoms in total. The first-order chi connectivity index (χ1) is 9.63. The van der Waals surface area contributed by atoms with Crippen LogP contribution in [-0.4, -0.2) is 7.11 Å². The highest BCUT2D eigenvalue weighted by Gasteiger charge is 2.04. The van der Waals surface area contributed by atoms with E-state index in [9.17, 15) is 4.39 Å². The van der Waals surface area contributed by atoms with Gasteiger partial charge < -0.3 is 10.1 Å². The van der Waals surface area contributed by atoms with Gasteiger partial charge in [-0.25, -0.2) is 4.39 Å². The molecule has 0 heterocycles. The fraction of sp³-hybridized carbons (Fsp3) is 0.188. The quantitative estimate of drug-likeness (QED) is 0.922. The van der Waals surface area contributed by atoms with Gasteiger partial charge in [0, 0.05) is 12.2 Å². The molecule has 0 bridgehead atoms. The third kappa shape index (κ3) is 3.07. The van der Waals surface area contributed by atoms with Crippen molar-refractivity contribution in [1.29, 1.82) is 5.26 Å². The monoisotopic (exact) mass is 270 g/mol. The summed E-state index contributed by atoms with van der Waals surface area (Å²) in [6.45, 7) is 2.43. The van der Waals surface area contributed by atoms with Gasteiger partial charge in [0.2, 0.25) is 0 Å². The van der Waals surface area contributed by atoms with Crippen molar-refractivity contribution in [2.24, 2.45) is 0 Å². The molecule has 0 atom stereocenters. The molecule has 102 valence electrons. The van der Waals surface area contributed by atoms with E-state index >= 15 is 0 Å². The van der Waals surface area contributed by atoms with Crippen molar-refractivity contribution in [2.75, 3.05) is 12.4 Å². The molecule has 0 spiro atoms. The highest BCUT2D eigenvalue weighted by atomic mass is 19.1. The number of rotatable bonds is 4. The Labute approximate surface area is 117 Å². The summed E-state index contributed by atoms with van der Waals surface area (Å²) in [7, 11) is 1.54. The summed E-state index contributed by atoms with van der Waals surface area (Å²) in [6, 6.07) is 12.1. The number of nitriles is 1. The van der Waals surface area contributed by atoms with Gasteiger partial charge in [-0.05, 0) is 48.4 Å². The van der Waals surface area contributed by atoms with Crippen LogP contribution >= 0.6 is 0 Å². The molecule has 0 aliphatic carbocycles. The van der Waals surface area contributed by atoms with Gasteiger partial charge in [-0.3, -0.25) is 0 Å². The average Bonchev–Trinajstić information content (AvgIpc) is 2.46. The minimum atomic E-state index is -0.243. The zero-order valence-corrected chi connectivity index (χ0v) is 11.4. The van der Waals surface area contributed by atoms with Gasteiger partial charge in [0.05, 0.1) is 12.7 Å². The topological polar surface area (TPSA) is 45.0 Å². The molecular weight excluding hydrogens is 255 g/mol. The maximum Gasteiger partial charge on any atom is 0.136 e. The molecule has 2 aromatic carbocycles. The molecule has 0 aliphatic heterocycles. The van der Waals surface area contributed by atoms with Crippen LogP contribution in [0.4, 0.5) is 10.1 Å². The van der Waals surface area contributed by atoms with Crippen molar-refractivity contribution in [2.45, 2.75) is 13.5 Å². The molecule has 0 saturated carbocycles. The summed E-state index contributed by atoms with van der Waals surface area (Å²) in [5.74, 6) is 0.315. The molecule has 0 fully saturated rings. The van der Waals surface area contributed by atoms with Crippen molar-refractivity contribution in [3.63, 3.8) is 0 Å². The molecule has 0 amide bonds. The second-order valence-corrected chi connectivity index (χ2v) is 4.46. The van der Waals surface area contributed by atoms with Gasteiger partial charge >= 0.3 is 0 Å². The van der Waals surface area contributed by atoms with E-state index in [1.165, 1.54) is 19.2 Å². The maximum atomic E-state index is 13.0. The van der Waals surface area contributed by atoms with E-state index in [2.05, 4.69) is 11.4 Å². The maximum absolute atomic E-state index is 13.0. The number of aryl methyl sites for hydroxylation is 1. The summed E-state index contributed by atoms with van der Waals surface area (Å²) < 4.78 is 18.2. The van der Waals surface area contributed by atoms with E-state index in [0.717, 1.165) is 16.8 Å². The van der Waals surface area contributed by atoms with Crippen LogP contribution in [0.5, 0.6) is 5.75 Å². The normalized spacial score (nSPS) is 9.90. The number of anilines is 1. The summed E-state index contributed by atoms with van der Waals surface area (Å²) in [6.07, 6.45) is 0. The van der Waals surface area contributed by atoms with E-state index in [-0.39, 0.29) is 5.82 Å². The minimum absolute atomic E-state index is 0.243. The molecule has 0 saturated heterocycles. The van der Waals surface area contributed by atoms with Gasteiger partial charge in [0.25, 0.3) is 0 Å². The molecule has 1 N–H and O–H groups in total. The number of nitrogens with one attached hydrogen (secondary N) is 1. The molecule has 0 aliphatic rings. The first-order valence-electron chi connectivity index (χ1n) is 6.21. The number of ether oxygens (including phenoxy) is 1. The van der Waals surface area contributed by atoms with Gasteiger partial charge in [-0.15, -0.1) is 0 Å². The number of hydrogen-bond acceptors (Lipinski definition) is 3. The number of methoxy groups -OCH3 is 1. The lowest BCUT2D eigenvalue weighted by Gasteiger charge is -2.11. The Morgan fingerprint density at radius 1 is 1.25 bits per heavy atom. The van der Waals surface area contributed by atoms with Crippen molar-refractivity contribution in [3.8, 4) is 11.8 Å². The summed E-state index contributed by atoms with van der Waals surface area (Å²) in [5.41, 5.74) is 3.24. The van der Waals surface area contributed by atoms with Crippen LogP contribution in [-0.2, 0) is 6.54 Å². The number of halogens is 1. The van der Waals surface area contributed by atoms with Gasteiger partial charge in [-0.2, -0.15) is 5.26 Å². The number of nitrogens with zero attached hydrogens (tertiary/aromatic N) is 1. The molecule has 20 heavy (non-hydrogen) atoms. The third-order valence-electron chi connectivity index (χ3n) is 3.06. The molecule has 2 aromatic rings. The van der Waals surface area contributed by atoms with Crippen LogP contribution in [0.2, 0.25) is 0 Å². The Balaban J connectivity index is 2.13. The Morgan fingerprint density at radius 3 is 2.70 bits per heavy atom. The van der Waals surface area contributed by atoms with Crippen molar-refractivity contribution in [1.82, 2.24) is 0 Å². The van der Waals surface area contributed by atoms with Gasteiger partial charge in [0.15, 0.2) is 0 Å². The molecule has 0 radical (unpaired) electrons. The predicted molar refractivity (Wildman–Crippen MR) is 76.2 cm³/mol. The Bertz CT molecular complexity index is 662. The summed E-state index contributed by atoms with van der Waals surface area (Å²) >= 11 is 0. The molecular formula is C16H15FN2O. The smallest absolute Gasteiger partial charge is 0.136 e. The highest BCUT2D eigenvalue weighted by Crippen LogP contribution is 2.21. The highest BCUT2D eigenvalue weighted by molar-refractivity contribution is 5.52. The molecule has 4 heteroatoms. The fourth-order valence-corrected chi connectivity index (χ4v) is 1.96. The van der Waals surface area contributed by atoms with Crippen molar-refractivity contribution in [3.05, 3.63) is 58.9 Å². The first kappa shape index (κ1) is 13.9. The minimum Gasteiger partial charge on any atom is -0.495 e. The second-order valence-electron chi connectivity index (χ2n) is 4.46. The summed E-state index contributed by atoms with van der Waals surface area (Å²) in [5, 5.41) is 12.2. The Morgan fingerprint density at radius 2 is 2.05 bits per heavy atom. The lowest BCUT2D eigenvalue weighted by atomic mass is 10.1. The second kappa shape index (κ2) is 6.07. The summed E-state index contributed by atoms with van der Waals surface area (Å²) in [4.78, 5) is 0. The predicted octanol–water partition coefficient (Wildman–Crippen LogP) is 3.63.